The van der Waals surface area contributed by atoms with Crippen molar-refractivity contribution in [3.05, 3.63) is 70.8 Å². The van der Waals surface area contributed by atoms with Crippen molar-refractivity contribution in [3.63, 3.8) is 0 Å². The van der Waals surface area contributed by atoms with E-state index in [1.807, 2.05) is 18.2 Å². The zero-order valence-electron chi connectivity index (χ0n) is 18.4. The number of carbonyl (C=O) groups excluding carboxylic acids is 1. The number of rotatable bonds is 5. The van der Waals surface area contributed by atoms with E-state index >= 15 is 0 Å². The highest BCUT2D eigenvalue weighted by Gasteiger charge is 2.45. The fraction of sp³-hybridized carbons (Fsp3) is 0.500. The van der Waals surface area contributed by atoms with E-state index in [1.54, 1.807) is 0 Å². The molecule has 2 fully saturated rings. The molecule has 0 bridgehead atoms. The molecular formula is C26H30F3NO. The van der Waals surface area contributed by atoms with E-state index in [0.717, 1.165) is 44.0 Å². The molecule has 4 rings (SSSR count). The highest BCUT2D eigenvalue weighted by Crippen LogP contribution is 2.47. The number of alkyl halides is 3. The molecular weight excluding hydrogens is 399 g/mol. The Labute approximate surface area is 182 Å². The first kappa shape index (κ1) is 22.1. The number of benzene rings is 2. The molecule has 0 N–H and O–H groups in total. The quantitative estimate of drug-likeness (QED) is 0.509. The number of halogens is 3. The third-order valence-corrected chi connectivity index (χ3v) is 6.67. The van der Waals surface area contributed by atoms with Gasteiger partial charge in [-0.3, -0.25) is 4.79 Å². The van der Waals surface area contributed by atoms with Gasteiger partial charge in [-0.05, 0) is 60.9 Å². The van der Waals surface area contributed by atoms with Gasteiger partial charge in [-0.15, -0.1) is 0 Å². The molecule has 1 aliphatic carbocycles. The first-order chi connectivity index (χ1) is 14.5. The van der Waals surface area contributed by atoms with E-state index in [9.17, 15) is 18.0 Å². The zero-order valence-corrected chi connectivity index (χ0v) is 18.4. The van der Waals surface area contributed by atoms with Crippen LogP contribution < -0.4 is 0 Å². The summed E-state index contributed by atoms with van der Waals surface area (Å²) in [6.07, 6.45) is -1.54. The number of nitrogens with zero attached hydrogens (tertiary/aromatic N) is 1. The third kappa shape index (κ3) is 4.72. The molecule has 166 valence electrons. The lowest BCUT2D eigenvalue weighted by molar-refractivity contribution is -0.137. The minimum atomic E-state index is -4.40. The normalized spacial score (nSPS) is 24.2. The molecule has 1 saturated heterocycles. The van der Waals surface area contributed by atoms with Gasteiger partial charge < -0.3 is 4.90 Å². The molecule has 0 spiro atoms. The van der Waals surface area contributed by atoms with Crippen molar-refractivity contribution in [2.45, 2.75) is 57.0 Å². The largest absolute Gasteiger partial charge is 0.416 e. The van der Waals surface area contributed by atoms with Crippen LogP contribution >= 0.6 is 0 Å². The van der Waals surface area contributed by atoms with Gasteiger partial charge >= 0.3 is 6.18 Å². The monoisotopic (exact) mass is 429 g/mol. The summed E-state index contributed by atoms with van der Waals surface area (Å²) in [5.41, 5.74) is 1.18. The molecule has 5 heteroatoms. The molecule has 0 amide bonds. The minimum absolute atomic E-state index is 0.0303. The average Bonchev–Trinajstić information content (AvgIpc) is 3.51. The van der Waals surface area contributed by atoms with E-state index in [1.165, 1.54) is 12.1 Å². The predicted molar refractivity (Wildman–Crippen MR) is 116 cm³/mol. The Kier molecular flexibility index (Phi) is 5.53. The van der Waals surface area contributed by atoms with Gasteiger partial charge in [-0.2, -0.15) is 13.2 Å². The molecule has 2 aliphatic rings. The molecule has 1 heterocycles. The maximum Gasteiger partial charge on any atom is 0.416 e. The maximum absolute atomic E-state index is 13.6. The SMILES string of the molecule is CN1CC(C)(C)CC(CC(=O)c2ccc(C(F)(F)F)cc2C2CC2)(c2ccccc2)C1. The molecule has 1 atom stereocenters. The Morgan fingerprint density at radius 3 is 2.32 bits per heavy atom. The van der Waals surface area contributed by atoms with E-state index in [0.29, 0.717) is 17.5 Å². The molecule has 1 unspecified atom stereocenters. The summed E-state index contributed by atoms with van der Waals surface area (Å²) >= 11 is 0. The van der Waals surface area contributed by atoms with Crippen molar-refractivity contribution in [1.29, 1.82) is 0 Å². The number of likely N-dealkylation sites (N-methyl/N-ethyl adjacent to an activating group) is 1. The molecule has 31 heavy (non-hydrogen) atoms. The van der Waals surface area contributed by atoms with Crippen LogP contribution in [0.25, 0.3) is 0 Å². The summed E-state index contributed by atoms with van der Waals surface area (Å²) in [6, 6.07) is 13.8. The number of carbonyl (C=O) groups is 1. The molecule has 2 nitrogen and oxygen atoms in total. The zero-order chi connectivity index (χ0) is 22.4. The summed E-state index contributed by atoms with van der Waals surface area (Å²) in [5, 5.41) is 0. The van der Waals surface area contributed by atoms with Crippen LogP contribution in [0.3, 0.4) is 0 Å². The van der Waals surface area contributed by atoms with E-state index < -0.39 is 11.7 Å². The number of piperidine rings is 1. The van der Waals surface area contributed by atoms with Crippen LogP contribution in [0.1, 0.15) is 72.5 Å². The highest BCUT2D eigenvalue weighted by atomic mass is 19.4. The van der Waals surface area contributed by atoms with Crippen molar-refractivity contribution in [3.8, 4) is 0 Å². The van der Waals surface area contributed by atoms with Crippen molar-refractivity contribution in [2.24, 2.45) is 5.41 Å². The second-order valence-corrected chi connectivity index (χ2v) is 10.3. The van der Waals surface area contributed by atoms with Crippen LogP contribution in [0.2, 0.25) is 0 Å². The lowest BCUT2D eigenvalue weighted by Crippen LogP contribution is -2.52. The standard InChI is InChI=1S/C26H30F3NO/c1-24(2)15-25(17-30(3)16-24,19-7-5-4-6-8-19)14-23(31)21-12-11-20(26(27,28)29)13-22(21)18-9-10-18/h4-8,11-13,18H,9-10,14-17H2,1-3H3. The molecule has 1 aliphatic heterocycles. The molecule has 0 aromatic heterocycles. The van der Waals surface area contributed by atoms with Crippen LogP contribution in [0.5, 0.6) is 0 Å². The Balaban J connectivity index is 1.72. The number of hydrogen-bond donors (Lipinski definition) is 0. The summed E-state index contributed by atoms with van der Waals surface area (Å²) in [5.74, 6) is 0.0185. The van der Waals surface area contributed by atoms with Gasteiger partial charge in [0.1, 0.15) is 0 Å². The smallest absolute Gasteiger partial charge is 0.305 e. The molecule has 1 saturated carbocycles. The third-order valence-electron chi connectivity index (χ3n) is 6.67. The maximum atomic E-state index is 13.6. The Morgan fingerprint density at radius 1 is 1.06 bits per heavy atom. The summed E-state index contributed by atoms with van der Waals surface area (Å²) in [4.78, 5) is 15.9. The van der Waals surface area contributed by atoms with Crippen LogP contribution in [0.4, 0.5) is 13.2 Å². The van der Waals surface area contributed by atoms with Crippen molar-refractivity contribution in [2.75, 3.05) is 20.1 Å². The molecule has 2 aromatic rings. The second kappa shape index (κ2) is 7.77. The number of ketones is 1. The Morgan fingerprint density at radius 2 is 1.74 bits per heavy atom. The Hall–Kier alpha value is -2.14. The summed E-state index contributed by atoms with van der Waals surface area (Å²) < 4.78 is 39.8. The number of hydrogen-bond acceptors (Lipinski definition) is 2. The van der Waals surface area contributed by atoms with Gasteiger partial charge in [0, 0.05) is 30.5 Å². The van der Waals surface area contributed by atoms with Crippen molar-refractivity contribution < 1.29 is 18.0 Å². The fourth-order valence-corrected chi connectivity index (χ4v) is 5.66. The lowest BCUT2D eigenvalue weighted by Gasteiger charge is -2.49. The van der Waals surface area contributed by atoms with Crippen LogP contribution in [-0.4, -0.2) is 30.8 Å². The van der Waals surface area contributed by atoms with Crippen LogP contribution in [0.15, 0.2) is 48.5 Å². The van der Waals surface area contributed by atoms with Crippen molar-refractivity contribution in [1.82, 2.24) is 4.90 Å². The van der Waals surface area contributed by atoms with E-state index in [2.05, 4.69) is 37.9 Å². The van der Waals surface area contributed by atoms with Gasteiger partial charge in [0.15, 0.2) is 5.78 Å². The average molecular weight is 430 g/mol. The molecule has 2 aromatic carbocycles. The topological polar surface area (TPSA) is 20.3 Å². The predicted octanol–water partition coefficient (Wildman–Crippen LogP) is 6.46. The first-order valence-electron chi connectivity index (χ1n) is 11.0. The highest BCUT2D eigenvalue weighted by molar-refractivity contribution is 5.98. The van der Waals surface area contributed by atoms with Gasteiger partial charge in [0.25, 0.3) is 0 Å². The number of Topliss-reactive ketones (excluding diaryl/α,β-unsaturated/α-hetero) is 1. The number of likely N-dealkylation sites (tertiary alicyclic amines) is 1. The van der Waals surface area contributed by atoms with Gasteiger partial charge in [0.2, 0.25) is 0 Å². The van der Waals surface area contributed by atoms with Crippen LogP contribution in [0, 0.1) is 5.41 Å². The van der Waals surface area contributed by atoms with E-state index in [4.69, 9.17) is 0 Å². The summed E-state index contributed by atoms with van der Waals surface area (Å²) in [6.45, 7) is 6.14. The van der Waals surface area contributed by atoms with Crippen molar-refractivity contribution >= 4 is 5.78 Å². The molecule has 0 radical (unpaired) electrons. The fourth-order valence-electron chi connectivity index (χ4n) is 5.66. The van der Waals surface area contributed by atoms with Gasteiger partial charge in [0.05, 0.1) is 5.56 Å². The second-order valence-electron chi connectivity index (χ2n) is 10.3. The minimum Gasteiger partial charge on any atom is -0.305 e. The van der Waals surface area contributed by atoms with E-state index in [-0.39, 0.29) is 22.5 Å². The lowest BCUT2D eigenvalue weighted by atomic mass is 9.63. The van der Waals surface area contributed by atoms with Gasteiger partial charge in [-0.25, -0.2) is 0 Å². The summed E-state index contributed by atoms with van der Waals surface area (Å²) in [7, 11) is 2.08. The van der Waals surface area contributed by atoms with Crippen LogP contribution in [-0.2, 0) is 11.6 Å². The first-order valence-corrected chi connectivity index (χ1v) is 11.0. The van der Waals surface area contributed by atoms with Gasteiger partial charge in [-0.1, -0.05) is 50.2 Å². The Bertz CT molecular complexity index is 962.